The molecule has 1 amide bonds. The Balaban J connectivity index is 2.13. The van der Waals surface area contributed by atoms with Crippen molar-refractivity contribution in [3.05, 3.63) is 29.3 Å². The third-order valence-corrected chi connectivity index (χ3v) is 4.07. The van der Waals surface area contributed by atoms with Crippen molar-refractivity contribution in [2.75, 3.05) is 25.0 Å². The van der Waals surface area contributed by atoms with E-state index in [1.54, 1.807) is 0 Å². The first kappa shape index (κ1) is 10.8. The Morgan fingerprint density at radius 2 is 2.18 bits per heavy atom. The number of benzene rings is 1. The molecule has 2 unspecified atom stereocenters. The van der Waals surface area contributed by atoms with E-state index in [9.17, 15) is 4.79 Å². The van der Waals surface area contributed by atoms with Crippen LogP contribution in [0.3, 0.4) is 0 Å². The Morgan fingerprint density at radius 3 is 3.00 bits per heavy atom. The molecule has 2 heterocycles. The second-order valence-corrected chi connectivity index (χ2v) is 5.17. The number of piperidine rings is 1. The summed E-state index contributed by atoms with van der Waals surface area (Å²) >= 11 is 0. The minimum atomic E-state index is 0.128. The maximum absolute atomic E-state index is 12.3. The van der Waals surface area contributed by atoms with Gasteiger partial charge in [-0.25, -0.2) is 0 Å². The van der Waals surface area contributed by atoms with Crippen molar-refractivity contribution in [1.29, 1.82) is 0 Å². The smallest absolute Gasteiger partial charge is 0.231 e. The molecule has 0 aromatic heterocycles. The zero-order valence-corrected chi connectivity index (χ0v) is 10.4. The highest BCUT2D eigenvalue weighted by Gasteiger charge is 2.39. The maximum atomic E-state index is 12.3. The van der Waals surface area contributed by atoms with Crippen LogP contribution in [-0.2, 0) is 4.79 Å². The Kier molecular flexibility index (Phi) is 2.44. The standard InChI is InChI=1S/C14H18N2O/c1-9-3-4-13-11(7-9)10-5-6-15-8-12(10)14(17)16(13)2/h3-4,7,10,12,15H,5-6,8H2,1-2H3. The van der Waals surface area contributed by atoms with E-state index in [-0.39, 0.29) is 11.8 Å². The van der Waals surface area contributed by atoms with Crippen molar-refractivity contribution in [2.45, 2.75) is 19.3 Å². The van der Waals surface area contributed by atoms with Crippen molar-refractivity contribution in [1.82, 2.24) is 5.32 Å². The summed E-state index contributed by atoms with van der Waals surface area (Å²) in [5, 5.41) is 3.33. The van der Waals surface area contributed by atoms with Gasteiger partial charge in [-0.2, -0.15) is 0 Å². The molecule has 17 heavy (non-hydrogen) atoms. The number of nitrogens with one attached hydrogen (secondary N) is 1. The van der Waals surface area contributed by atoms with Gasteiger partial charge in [0.25, 0.3) is 0 Å². The van der Waals surface area contributed by atoms with E-state index in [0.717, 1.165) is 25.2 Å². The fourth-order valence-electron chi connectivity index (χ4n) is 3.13. The van der Waals surface area contributed by atoms with Gasteiger partial charge in [-0.05, 0) is 37.4 Å². The van der Waals surface area contributed by atoms with E-state index in [1.165, 1.54) is 11.1 Å². The molecule has 1 aromatic rings. The number of rotatable bonds is 0. The van der Waals surface area contributed by atoms with Crippen LogP contribution in [0.25, 0.3) is 0 Å². The van der Waals surface area contributed by atoms with E-state index < -0.39 is 0 Å². The van der Waals surface area contributed by atoms with Gasteiger partial charge in [-0.3, -0.25) is 4.79 Å². The fourth-order valence-corrected chi connectivity index (χ4v) is 3.13. The number of aryl methyl sites for hydroxylation is 1. The molecule has 1 saturated heterocycles. The molecule has 0 saturated carbocycles. The summed E-state index contributed by atoms with van der Waals surface area (Å²) in [6, 6.07) is 6.42. The molecule has 1 aromatic carbocycles. The Bertz CT molecular complexity index is 469. The van der Waals surface area contributed by atoms with Gasteiger partial charge in [-0.1, -0.05) is 17.7 Å². The zero-order chi connectivity index (χ0) is 12.0. The third kappa shape index (κ3) is 1.57. The molecule has 1 fully saturated rings. The Hall–Kier alpha value is -1.35. The van der Waals surface area contributed by atoms with Crippen LogP contribution in [0, 0.1) is 12.8 Å². The number of nitrogens with zero attached hydrogens (tertiary/aromatic N) is 1. The van der Waals surface area contributed by atoms with Crippen molar-refractivity contribution >= 4 is 11.6 Å². The largest absolute Gasteiger partial charge is 0.316 e. The molecule has 3 heteroatoms. The fraction of sp³-hybridized carbons (Fsp3) is 0.500. The predicted molar refractivity (Wildman–Crippen MR) is 68.3 cm³/mol. The summed E-state index contributed by atoms with van der Waals surface area (Å²) in [6.07, 6.45) is 1.07. The lowest BCUT2D eigenvalue weighted by atomic mass is 9.76. The van der Waals surface area contributed by atoms with E-state index in [2.05, 4.69) is 30.4 Å². The SMILES string of the molecule is Cc1ccc2c(c1)C1CCNCC1C(=O)N2C. The highest BCUT2D eigenvalue weighted by atomic mass is 16.2. The molecule has 0 spiro atoms. The zero-order valence-electron chi connectivity index (χ0n) is 10.4. The molecule has 2 aliphatic heterocycles. The second kappa shape index (κ2) is 3.84. The van der Waals surface area contributed by atoms with Crippen LogP contribution in [0.4, 0.5) is 5.69 Å². The molecule has 0 aliphatic carbocycles. The molecule has 2 aliphatic rings. The lowest BCUT2D eigenvalue weighted by Crippen LogP contribution is -2.48. The van der Waals surface area contributed by atoms with Gasteiger partial charge < -0.3 is 10.2 Å². The lowest BCUT2D eigenvalue weighted by molar-refractivity contribution is -0.123. The molecule has 1 N–H and O–H groups in total. The summed E-state index contributed by atoms with van der Waals surface area (Å²) < 4.78 is 0. The number of carbonyl (C=O) groups excluding carboxylic acids is 1. The van der Waals surface area contributed by atoms with Gasteiger partial charge in [-0.15, -0.1) is 0 Å². The average Bonchev–Trinajstić information content (AvgIpc) is 2.36. The first-order valence-corrected chi connectivity index (χ1v) is 6.27. The van der Waals surface area contributed by atoms with Crippen LogP contribution in [0.15, 0.2) is 18.2 Å². The molecule has 90 valence electrons. The number of hydrogen-bond acceptors (Lipinski definition) is 2. The highest BCUT2D eigenvalue weighted by Crippen LogP contribution is 2.41. The van der Waals surface area contributed by atoms with Gasteiger partial charge in [0.1, 0.15) is 0 Å². The van der Waals surface area contributed by atoms with Crippen molar-refractivity contribution < 1.29 is 4.79 Å². The highest BCUT2D eigenvalue weighted by molar-refractivity contribution is 5.98. The van der Waals surface area contributed by atoms with Crippen molar-refractivity contribution in [3.8, 4) is 0 Å². The van der Waals surface area contributed by atoms with Crippen molar-refractivity contribution in [2.24, 2.45) is 5.92 Å². The van der Waals surface area contributed by atoms with Gasteiger partial charge in [0, 0.05) is 19.3 Å². The summed E-state index contributed by atoms with van der Waals surface area (Å²) in [6.45, 7) is 3.96. The van der Waals surface area contributed by atoms with E-state index >= 15 is 0 Å². The Morgan fingerprint density at radius 1 is 1.35 bits per heavy atom. The van der Waals surface area contributed by atoms with Gasteiger partial charge in [0.2, 0.25) is 5.91 Å². The second-order valence-electron chi connectivity index (χ2n) is 5.17. The van der Waals surface area contributed by atoms with Crippen LogP contribution >= 0.6 is 0 Å². The van der Waals surface area contributed by atoms with Crippen LogP contribution in [-0.4, -0.2) is 26.0 Å². The summed E-state index contributed by atoms with van der Waals surface area (Å²) in [5.41, 5.74) is 3.74. The number of carbonyl (C=O) groups is 1. The normalized spacial score (nSPS) is 27.6. The minimum Gasteiger partial charge on any atom is -0.316 e. The van der Waals surface area contributed by atoms with E-state index in [1.807, 2.05) is 11.9 Å². The summed E-state index contributed by atoms with van der Waals surface area (Å²) in [7, 11) is 1.89. The third-order valence-electron chi connectivity index (χ3n) is 4.07. The molecule has 3 rings (SSSR count). The molecule has 2 atom stereocenters. The van der Waals surface area contributed by atoms with Gasteiger partial charge >= 0.3 is 0 Å². The molecule has 0 bridgehead atoms. The average molecular weight is 230 g/mol. The lowest BCUT2D eigenvalue weighted by Gasteiger charge is -2.40. The minimum absolute atomic E-state index is 0.128. The number of amides is 1. The number of hydrogen-bond donors (Lipinski definition) is 1. The quantitative estimate of drug-likeness (QED) is 0.735. The van der Waals surface area contributed by atoms with Crippen LogP contribution < -0.4 is 10.2 Å². The molecular formula is C14H18N2O. The van der Waals surface area contributed by atoms with Gasteiger partial charge in [0.15, 0.2) is 0 Å². The molecule has 0 radical (unpaired) electrons. The molecular weight excluding hydrogens is 212 g/mol. The number of anilines is 1. The monoisotopic (exact) mass is 230 g/mol. The van der Waals surface area contributed by atoms with Gasteiger partial charge in [0.05, 0.1) is 5.92 Å². The van der Waals surface area contributed by atoms with E-state index in [4.69, 9.17) is 0 Å². The van der Waals surface area contributed by atoms with Crippen LogP contribution in [0.2, 0.25) is 0 Å². The van der Waals surface area contributed by atoms with Crippen LogP contribution in [0.5, 0.6) is 0 Å². The Labute approximate surface area is 102 Å². The summed E-state index contributed by atoms with van der Waals surface area (Å²) in [4.78, 5) is 14.1. The first-order valence-electron chi connectivity index (χ1n) is 6.27. The van der Waals surface area contributed by atoms with E-state index in [0.29, 0.717) is 5.92 Å². The predicted octanol–water partition coefficient (Wildman–Crippen LogP) is 1.66. The maximum Gasteiger partial charge on any atom is 0.231 e. The summed E-state index contributed by atoms with van der Waals surface area (Å²) in [5.74, 6) is 0.802. The molecule has 3 nitrogen and oxygen atoms in total. The first-order chi connectivity index (χ1) is 8.18. The van der Waals surface area contributed by atoms with Crippen molar-refractivity contribution in [3.63, 3.8) is 0 Å². The topological polar surface area (TPSA) is 32.3 Å². The number of fused-ring (bicyclic) bond motifs is 3. The van der Waals surface area contributed by atoms with Crippen LogP contribution in [0.1, 0.15) is 23.5 Å².